The van der Waals surface area contributed by atoms with E-state index in [1.165, 1.54) is 28.5 Å². The Bertz CT molecular complexity index is 942. The van der Waals surface area contributed by atoms with E-state index in [0.29, 0.717) is 5.75 Å². The van der Waals surface area contributed by atoms with Gasteiger partial charge in [0.1, 0.15) is 23.2 Å². The minimum atomic E-state index is -0.0397. The number of rotatable bonds is 6. The number of hydrazone groups is 1. The molecule has 2 aliphatic rings. The first-order valence-corrected chi connectivity index (χ1v) is 15.7. The number of hydrogen-bond donors (Lipinski definition) is 4. The molecule has 1 fully saturated rings. The number of Topliss-reactive ketones (excluding diaryl/α,β-unsaturated/α-hetero) is 1. The van der Waals surface area contributed by atoms with Crippen LogP contribution < -0.4 is 26.7 Å². The highest BCUT2D eigenvalue weighted by Crippen LogP contribution is 2.31. The lowest BCUT2D eigenvalue weighted by molar-refractivity contribution is -0.114. The summed E-state index contributed by atoms with van der Waals surface area (Å²) in [6.07, 6.45) is 0.0695. The maximum atomic E-state index is 11.1. The normalized spacial score (nSPS) is 18.8. The summed E-state index contributed by atoms with van der Waals surface area (Å²) in [5, 5.41) is 5.45. The number of ketones is 1. The minimum Gasteiger partial charge on any atom is -0.497 e. The van der Waals surface area contributed by atoms with Crippen molar-refractivity contribution in [2.24, 2.45) is 10.8 Å². The van der Waals surface area contributed by atoms with Crippen molar-refractivity contribution >= 4 is 34.5 Å². The number of nitrogens with zero attached hydrogens (tertiary/aromatic N) is 2. The molecular weight excluding hydrogens is 528 g/mol. The Morgan fingerprint density at radius 1 is 1.00 bits per heavy atom. The van der Waals surface area contributed by atoms with Gasteiger partial charge < -0.3 is 15.4 Å². The van der Waals surface area contributed by atoms with Crippen molar-refractivity contribution in [1.29, 1.82) is 0 Å². The SMILES string of the molecule is CC.CC.CC.CCN1C(SCC(C)=O)=NNC1c1ccc(C)cc1.COc1ccc(C2NNC(N)S2)cc1. The van der Waals surface area contributed by atoms with Crippen LogP contribution in [0.25, 0.3) is 0 Å². The second kappa shape index (κ2) is 21.6. The number of thioether (sulfide) groups is 2. The second-order valence-electron chi connectivity index (χ2n) is 7.61. The van der Waals surface area contributed by atoms with Crippen molar-refractivity contribution in [3.05, 3.63) is 65.2 Å². The van der Waals surface area contributed by atoms with E-state index in [1.807, 2.05) is 65.8 Å². The number of aryl methyl sites for hydroxylation is 1. The molecule has 2 aliphatic heterocycles. The van der Waals surface area contributed by atoms with Gasteiger partial charge in [-0.2, -0.15) is 5.10 Å². The molecule has 2 heterocycles. The standard InChI is InChI=1S/C14H19N3OS.C9H13N3OS.3C2H6/c1-4-17-13(12-7-5-10(2)6-8-12)15-16-14(17)19-9-11(3)18;1-13-7-4-2-6(3-5-7)8-11-12-9(10)14-8;3*1-2/h5-8,13,15H,4,9H2,1-3H3;2-5,8-9,11-12H,10H2,1H3;3*1-2H3. The molecule has 39 heavy (non-hydrogen) atoms. The fraction of sp³-hybridized carbons (Fsp3) is 0.517. The maximum absolute atomic E-state index is 11.1. The van der Waals surface area contributed by atoms with Crippen molar-refractivity contribution < 1.29 is 9.53 Å². The minimum absolute atomic E-state index is 0.0397. The first-order chi connectivity index (χ1) is 18.9. The van der Waals surface area contributed by atoms with E-state index in [0.717, 1.165) is 17.5 Å². The zero-order chi connectivity index (χ0) is 29.8. The molecule has 0 aliphatic carbocycles. The third-order valence-corrected chi connectivity index (χ3v) is 7.24. The largest absolute Gasteiger partial charge is 0.497 e. The van der Waals surface area contributed by atoms with E-state index in [2.05, 4.69) is 64.4 Å². The van der Waals surface area contributed by atoms with Crippen molar-refractivity contribution in [3.8, 4) is 5.75 Å². The van der Waals surface area contributed by atoms with Crippen LogP contribution in [0.1, 0.15) is 83.6 Å². The van der Waals surface area contributed by atoms with Crippen LogP contribution >= 0.6 is 23.5 Å². The molecule has 0 spiro atoms. The molecule has 0 saturated carbocycles. The van der Waals surface area contributed by atoms with Crippen LogP contribution in [0.2, 0.25) is 0 Å². The van der Waals surface area contributed by atoms with Crippen LogP contribution in [0, 0.1) is 6.92 Å². The topological polar surface area (TPSA) is 104 Å². The van der Waals surface area contributed by atoms with E-state index in [4.69, 9.17) is 10.5 Å². The van der Waals surface area contributed by atoms with E-state index >= 15 is 0 Å². The monoisotopic (exact) mass is 578 g/mol. The van der Waals surface area contributed by atoms with Crippen molar-refractivity contribution in [3.63, 3.8) is 0 Å². The molecule has 0 aromatic heterocycles. The number of carbonyl (C=O) groups is 1. The molecule has 3 atom stereocenters. The van der Waals surface area contributed by atoms with Gasteiger partial charge in [-0.3, -0.25) is 10.2 Å². The Balaban J connectivity index is 0.000000639. The van der Waals surface area contributed by atoms with Gasteiger partial charge >= 0.3 is 0 Å². The molecular formula is C29H50N6O2S2. The number of methoxy groups -OCH3 is 1. The molecule has 1 saturated heterocycles. The van der Waals surface area contributed by atoms with Gasteiger partial charge in [-0.25, -0.2) is 10.9 Å². The molecule has 3 unspecified atom stereocenters. The van der Waals surface area contributed by atoms with Crippen LogP contribution in [-0.2, 0) is 4.79 Å². The first-order valence-electron chi connectivity index (χ1n) is 13.8. The number of hydrazine groups is 1. The van der Waals surface area contributed by atoms with E-state index < -0.39 is 0 Å². The first kappa shape index (κ1) is 36.8. The molecule has 4 rings (SSSR count). The van der Waals surface area contributed by atoms with Crippen LogP contribution in [0.15, 0.2) is 53.6 Å². The molecule has 10 heteroatoms. The van der Waals surface area contributed by atoms with Crippen LogP contribution in [0.5, 0.6) is 5.75 Å². The molecule has 220 valence electrons. The molecule has 0 amide bonds. The molecule has 2 aromatic rings. The summed E-state index contributed by atoms with van der Waals surface area (Å²) in [6.45, 7) is 18.6. The van der Waals surface area contributed by atoms with Crippen LogP contribution in [-0.4, -0.2) is 40.8 Å². The fourth-order valence-corrected chi connectivity index (χ4v) is 5.01. The number of benzene rings is 2. The van der Waals surface area contributed by atoms with Gasteiger partial charge in [0.25, 0.3) is 0 Å². The summed E-state index contributed by atoms with van der Waals surface area (Å²) in [7, 11) is 1.66. The zero-order valence-electron chi connectivity index (χ0n) is 25.4. The lowest BCUT2D eigenvalue weighted by Crippen LogP contribution is -2.35. The fourth-order valence-electron chi connectivity index (χ4n) is 3.28. The van der Waals surface area contributed by atoms with Crippen LogP contribution in [0.4, 0.5) is 0 Å². The molecule has 0 bridgehead atoms. The summed E-state index contributed by atoms with van der Waals surface area (Å²) < 4.78 is 5.09. The van der Waals surface area contributed by atoms with E-state index in [-0.39, 0.29) is 22.8 Å². The average Bonchev–Trinajstić information content (AvgIpc) is 3.62. The van der Waals surface area contributed by atoms with Gasteiger partial charge in [-0.15, -0.1) is 11.8 Å². The van der Waals surface area contributed by atoms with Crippen molar-refractivity contribution in [1.82, 2.24) is 21.2 Å². The predicted octanol–water partition coefficient (Wildman–Crippen LogP) is 6.37. The Morgan fingerprint density at radius 3 is 2.03 bits per heavy atom. The lowest BCUT2D eigenvalue weighted by atomic mass is 10.1. The average molecular weight is 579 g/mol. The van der Waals surface area contributed by atoms with Gasteiger partial charge in [0, 0.05) is 6.54 Å². The van der Waals surface area contributed by atoms with Gasteiger partial charge in [-0.05, 0) is 44.0 Å². The second-order valence-corrected chi connectivity index (χ2v) is 9.81. The summed E-state index contributed by atoms with van der Waals surface area (Å²) in [5.74, 6) is 1.51. The van der Waals surface area contributed by atoms with E-state index in [1.54, 1.807) is 25.8 Å². The summed E-state index contributed by atoms with van der Waals surface area (Å²) >= 11 is 3.14. The smallest absolute Gasteiger partial charge is 0.185 e. The van der Waals surface area contributed by atoms with Gasteiger partial charge in [-0.1, -0.05) is 95.3 Å². The summed E-state index contributed by atoms with van der Waals surface area (Å²) in [4.78, 5) is 13.2. The Hall–Kier alpha value is -2.24. The lowest BCUT2D eigenvalue weighted by Gasteiger charge is -2.25. The number of hydrogen-bond acceptors (Lipinski definition) is 10. The van der Waals surface area contributed by atoms with E-state index in [9.17, 15) is 4.79 Å². The molecule has 5 N–H and O–H groups in total. The highest BCUT2D eigenvalue weighted by Gasteiger charge is 2.28. The quantitative estimate of drug-likeness (QED) is 0.311. The third kappa shape index (κ3) is 12.7. The molecule has 0 radical (unpaired) electrons. The number of ether oxygens (including phenoxy) is 1. The third-order valence-electron chi connectivity index (χ3n) is 5.04. The summed E-state index contributed by atoms with van der Waals surface area (Å²) in [5.41, 5.74) is 18.5. The van der Waals surface area contributed by atoms with Gasteiger partial charge in [0.15, 0.2) is 5.17 Å². The Labute approximate surface area is 245 Å². The highest BCUT2D eigenvalue weighted by molar-refractivity contribution is 8.14. The number of nitrogens with one attached hydrogen (secondary N) is 3. The zero-order valence-corrected chi connectivity index (χ0v) is 27.0. The number of carbonyl (C=O) groups excluding carboxylic acids is 1. The van der Waals surface area contributed by atoms with Crippen molar-refractivity contribution in [2.75, 3.05) is 19.4 Å². The summed E-state index contributed by atoms with van der Waals surface area (Å²) in [6, 6.07) is 16.4. The van der Waals surface area contributed by atoms with Crippen molar-refractivity contribution in [2.45, 2.75) is 79.4 Å². The van der Waals surface area contributed by atoms with Gasteiger partial charge in [0.05, 0.1) is 18.2 Å². The van der Waals surface area contributed by atoms with Gasteiger partial charge in [0.2, 0.25) is 0 Å². The molecule has 8 nitrogen and oxygen atoms in total. The number of nitrogens with two attached hydrogens (primary N) is 1. The molecule has 2 aromatic carbocycles. The van der Waals surface area contributed by atoms with Crippen LogP contribution in [0.3, 0.4) is 0 Å². The highest BCUT2D eigenvalue weighted by atomic mass is 32.2. The Morgan fingerprint density at radius 2 is 1.56 bits per heavy atom. The number of amidine groups is 1. The predicted molar refractivity (Wildman–Crippen MR) is 172 cm³/mol. The Kier molecular flexibility index (Phi) is 20.3. The maximum Gasteiger partial charge on any atom is 0.185 e.